The van der Waals surface area contributed by atoms with E-state index in [2.05, 4.69) is 15.3 Å². The predicted octanol–water partition coefficient (Wildman–Crippen LogP) is -0.105. The number of H-pyrrole nitrogens is 1. The number of carboxylic acids is 1. The van der Waals surface area contributed by atoms with Gasteiger partial charge in [-0.15, -0.1) is 0 Å². The molecule has 1 amide bonds. The zero-order valence-electron chi connectivity index (χ0n) is 11.7. The molecule has 0 radical (unpaired) electrons. The molecule has 1 aromatic rings. The lowest BCUT2D eigenvalue weighted by atomic mass is 9.84. The molecule has 0 aromatic carbocycles. The minimum absolute atomic E-state index is 0.134. The summed E-state index contributed by atoms with van der Waals surface area (Å²) >= 11 is 0. The van der Waals surface area contributed by atoms with E-state index in [9.17, 15) is 14.7 Å². The Morgan fingerprint density at radius 3 is 2.81 bits per heavy atom. The van der Waals surface area contributed by atoms with Crippen molar-refractivity contribution in [3.8, 4) is 0 Å². The van der Waals surface area contributed by atoms with Gasteiger partial charge in [-0.3, -0.25) is 4.79 Å². The van der Waals surface area contributed by atoms with Gasteiger partial charge in [-0.05, 0) is 31.1 Å². The molecule has 4 unspecified atom stereocenters. The number of nitrogens with two attached hydrogens (primary N) is 1. The summed E-state index contributed by atoms with van der Waals surface area (Å²) < 4.78 is 0. The van der Waals surface area contributed by atoms with Crippen LogP contribution in [0.15, 0.2) is 12.5 Å². The Morgan fingerprint density at radius 1 is 1.48 bits per heavy atom. The highest BCUT2D eigenvalue weighted by Gasteiger charge is 2.49. The van der Waals surface area contributed by atoms with Gasteiger partial charge in [0.05, 0.1) is 12.2 Å². The molecule has 2 saturated carbocycles. The van der Waals surface area contributed by atoms with Crippen LogP contribution < -0.4 is 11.1 Å². The summed E-state index contributed by atoms with van der Waals surface area (Å²) in [4.78, 5) is 30.4. The standard InChI is InChI=1S/C14H20N4O3/c15-12-8-2-1-7(3-8)11(12)13(19)18-10(14(20)21)4-9-5-16-6-17-9/h5-8,10-12H,1-4,15H2,(H,16,17)(H,18,19)(H,20,21)/t7?,8?,10-,11?,12?/m1/s1. The van der Waals surface area contributed by atoms with Crippen molar-refractivity contribution in [1.29, 1.82) is 0 Å². The zero-order chi connectivity index (χ0) is 15.0. The summed E-state index contributed by atoms with van der Waals surface area (Å²) in [5, 5.41) is 11.9. The average molecular weight is 292 g/mol. The third-order valence-electron chi connectivity index (χ3n) is 4.88. The number of amides is 1. The summed E-state index contributed by atoms with van der Waals surface area (Å²) in [7, 11) is 0. The molecular formula is C14H20N4O3. The average Bonchev–Trinajstić information content (AvgIpc) is 3.13. The van der Waals surface area contributed by atoms with E-state index in [1.165, 1.54) is 6.33 Å². The fourth-order valence-electron chi connectivity index (χ4n) is 3.81. The molecule has 5 atom stereocenters. The van der Waals surface area contributed by atoms with E-state index in [0.717, 1.165) is 19.3 Å². The summed E-state index contributed by atoms with van der Waals surface area (Å²) in [5.74, 6) is -0.781. The number of nitrogens with zero attached hydrogens (tertiary/aromatic N) is 1. The Bertz CT molecular complexity index is 528. The predicted molar refractivity (Wildman–Crippen MR) is 74.2 cm³/mol. The molecule has 0 aliphatic heterocycles. The number of aromatic amines is 1. The van der Waals surface area contributed by atoms with Crippen molar-refractivity contribution in [3.63, 3.8) is 0 Å². The molecule has 7 heteroatoms. The number of hydrogen-bond acceptors (Lipinski definition) is 4. The first-order chi connectivity index (χ1) is 10.1. The fourth-order valence-corrected chi connectivity index (χ4v) is 3.81. The minimum Gasteiger partial charge on any atom is -0.480 e. The molecular weight excluding hydrogens is 272 g/mol. The molecule has 2 fully saturated rings. The number of carboxylic acid groups (broad SMARTS) is 1. The molecule has 21 heavy (non-hydrogen) atoms. The Kier molecular flexibility index (Phi) is 3.67. The highest BCUT2D eigenvalue weighted by atomic mass is 16.4. The van der Waals surface area contributed by atoms with Crippen molar-refractivity contribution >= 4 is 11.9 Å². The summed E-state index contributed by atoms with van der Waals surface area (Å²) in [6.07, 6.45) is 6.35. The van der Waals surface area contributed by atoms with E-state index in [1.807, 2.05) is 0 Å². The summed E-state index contributed by atoms with van der Waals surface area (Å²) in [5.41, 5.74) is 6.81. The fraction of sp³-hybridized carbons (Fsp3) is 0.643. The second-order valence-electron chi connectivity index (χ2n) is 6.12. The van der Waals surface area contributed by atoms with Gasteiger partial charge >= 0.3 is 5.97 Å². The first-order valence-electron chi connectivity index (χ1n) is 7.32. The van der Waals surface area contributed by atoms with E-state index in [0.29, 0.717) is 17.5 Å². The number of imidazole rings is 1. The Labute approximate surface area is 122 Å². The first-order valence-corrected chi connectivity index (χ1v) is 7.32. The molecule has 0 spiro atoms. The minimum atomic E-state index is -1.05. The van der Waals surface area contributed by atoms with Crippen LogP contribution in [0.4, 0.5) is 0 Å². The number of hydrogen-bond donors (Lipinski definition) is 4. The van der Waals surface area contributed by atoms with Gasteiger partial charge in [0, 0.05) is 24.4 Å². The lowest BCUT2D eigenvalue weighted by molar-refractivity contribution is -0.142. The van der Waals surface area contributed by atoms with Crippen LogP contribution in [0.3, 0.4) is 0 Å². The van der Waals surface area contributed by atoms with Gasteiger partial charge in [0.15, 0.2) is 0 Å². The van der Waals surface area contributed by atoms with Crippen molar-refractivity contribution in [2.24, 2.45) is 23.5 Å². The van der Waals surface area contributed by atoms with Crippen LogP contribution in [0, 0.1) is 17.8 Å². The van der Waals surface area contributed by atoms with Gasteiger partial charge in [-0.25, -0.2) is 9.78 Å². The Morgan fingerprint density at radius 2 is 2.24 bits per heavy atom. The molecule has 2 aliphatic rings. The number of nitrogens with one attached hydrogen (secondary N) is 2. The smallest absolute Gasteiger partial charge is 0.326 e. The molecule has 1 aromatic heterocycles. The molecule has 5 N–H and O–H groups in total. The van der Waals surface area contributed by atoms with Crippen LogP contribution in [0.25, 0.3) is 0 Å². The topological polar surface area (TPSA) is 121 Å². The van der Waals surface area contributed by atoms with Crippen LogP contribution in [-0.2, 0) is 16.0 Å². The van der Waals surface area contributed by atoms with Crippen molar-refractivity contribution in [3.05, 3.63) is 18.2 Å². The van der Waals surface area contributed by atoms with E-state index in [1.54, 1.807) is 6.20 Å². The number of rotatable bonds is 5. The lowest BCUT2D eigenvalue weighted by Gasteiger charge is -2.28. The van der Waals surface area contributed by atoms with Gasteiger partial charge in [0.25, 0.3) is 0 Å². The van der Waals surface area contributed by atoms with Gasteiger partial charge in [-0.2, -0.15) is 0 Å². The Hall–Kier alpha value is -1.89. The highest BCUT2D eigenvalue weighted by molar-refractivity contribution is 5.86. The van der Waals surface area contributed by atoms with E-state index >= 15 is 0 Å². The molecule has 1 heterocycles. The highest BCUT2D eigenvalue weighted by Crippen LogP contribution is 2.47. The molecule has 0 saturated heterocycles. The maximum absolute atomic E-state index is 12.4. The Balaban J connectivity index is 1.65. The quantitative estimate of drug-likeness (QED) is 0.603. The number of carbonyl (C=O) groups is 2. The van der Waals surface area contributed by atoms with Crippen LogP contribution in [0.2, 0.25) is 0 Å². The monoisotopic (exact) mass is 292 g/mol. The van der Waals surface area contributed by atoms with Crippen molar-refractivity contribution < 1.29 is 14.7 Å². The van der Waals surface area contributed by atoms with E-state index in [4.69, 9.17) is 5.73 Å². The van der Waals surface area contributed by atoms with Gasteiger partial charge < -0.3 is 21.1 Å². The number of aliphatic carboxylic acids is 1. The molecule has 2 bridgehead atoms. The molecule has 2 aliphatic carbocycles. The van der Waals surface area contributed by atoms with E-state index < -0.39 is 12.0 Å². The van der Waals surface area contributed by atoms with E-state index in [-0.39, 0.29) is 24.3 Å². The number of fused-ring (bicyclic) bond motifs is 2. The van der Waals surface area contributed by atoms with Crippen LogP contribution >= 0.6 is 0 Å². The molecule has 114 valence electrons. The third-order valence-corrected chi connectivity index (χ3v) is 4.88. The lowest BCUT2D eigenvalue weighted by Crippen LogP contribution is -2.50. The van der Waals surface area contributed by atoms with Crippen LogP contribution in [0.1, 0.15) is 25.0 Å². The normalized spacial score (nSPS) is 32.0. The van der Waals surface area contributed by atoms with Gasteiger partial charge in [-0.1, -0.05) is 0 Å². The van der Waals surface area contributed by atoms with Gasteiger partial charge in [0.2, 0.25) is 5.91 Å². The molecule has 7 nitrogen and oxygen atoms in total. The first kappa shape index (κ1) is 14.1. The second-order valence-corrected chi connectivity index (χ2v) is 6.12. The number of carbonyl (C=O) groups excluding carboxylic acids is 1. The van der Waals surface area contributed by atoms with Crippen molar-refractivity contribution in [1.82, 2.24) is 15.3 Å². The van der Waals surface area contributed by atoms with Crippen molar-refractivity contribution in [2.45, 2.75) is 37.8 Å². The van der Waals surface area contributed by atoms with Crippen LogP contribution in [0.5, 0.6) is 0 Å². The SMILES string of the molecule is NC1C2CCC(C2)C1C(=O)N[C@H](Cc1cnc[nH]1)C(=O)O. The summed E-state index contributed by atoms with van der Waals surface area (Å²) in [6, 6.07) is -1.09. The third kappa shape index (κ3) is 2.65. The maximum Gasteiger partial charge on any atom is 0.326 e. The molecule has 3 rings (SSSR count). The van der Waals surface area contributed by atoms with Crippen molar-refractivity contribution in [2.75, 3.05) is 0 Å². The maximum atomic E-state index is 12.4. The second kappa shape index (κ2) is 5.48. The van der Waals surface area contributed by atoms with Crippen LogP contribution in [-0.4, -0.2) is 39.0 Å². The van der Waals surface area contributed by atoms with Gasteiger partial charge in [0.1, 0.15) is 6.04 Å². The zero-order valence-corrected chi connectivity index (χ0v) is 11.7. The number of aromatic nitrogens is 2. The summed E-state index contributed by atoms with van der Waals surface area (Å²) in [6.45, 7) is 0. The largest absolute Gasteiger partial charge is 0.480 e.